The van der Waals surface area contributed by atoms with E-state index in [4.69, 9.17) is 0 Å². The molecular formula is C9H13IO. The number of rotatable bonds is 1. The molecule has 0 unspecified atom stereocenters. The number of carbonyl (C=O) groups excluding carboxylic acids is 1. The molecular weight excluding hydrogens is 251 g/mol. The molecule has 0 aromatic rings. The Hall–Kier alpha value is 0.400. The van der Waals surface area contributed by atoms with Gasteiger partial charge in [0, 0.05) is 8.84 Å². The van der Waals surface area contributed by atoms with Crippen molar-refractivity contribution in [3.8, 4) is 0 Å². The zero-order chi connectivity index (χ0) is 7.95. The summed E-state index contributed by atoms with van der Waals surface area (Å²) in [6.45, 7) is 0. The zero-order valence-electron chi connectivity index (χ0n) is 6.61. The second-order valence-corrected chi connectivity index (χ2v) is 6.42. The van der Waals surface area contributed by atoms with Crippen molar-refractivity contribution in [3.05, 3.63) is 0 Å². The van der Waals surface area contributed by atoms with E-state index in [-0.39, 0.29) is 5.41 Å². The normalized spacial score (nSPS) is 49.2. The van der Waals surface area contributed by atoms with E-state index in [9.17, 15) is 4.79 Å². The highest BCUT2D eigenvalue weighted by Gasteiger charge is 2.46. The van der Waals surface area contributed by atoms with Crippen molar-refractivity contribution in [2.24, 2.45) is 5.41 Å². The summed E-state index contributed by atoms with van der Waals surface area (Å²) in [5, 5.41) is 0. The van der Waals surface area contributed by atoms with Gasteiger partial charge < -0.3 is 4.79 Å². The number of halogens is 1. The Morgan fingerprint density at radius 2 is 1.45 bits per heavy atom. The smallest absolute Gasteiger partial charge is 0.126 e. The molecule has 3 rings (SSSR count). The van der Waals surface area contributed by atoms with Crippen LogP contribution in [0.4, 0.5) is 0 Å². The van der Waals surface area contributed by atoms with Gasteiger partial charge in [-0.3, -0.25) is 0 Å². The highest BCUT2D eigenvalue weighted by molar-refractivity contribution is 14.1. The molecule has 3 saturated carbocycles. The van der Waals surface area contributed by atoms with Crippen LogP contribution in [-0.2, 0) is 4.79 Å². The summed E-state index contributed by atoms with van der Waals surface area (Å²) in [5.74, 6) is 0. The summed E-state index contributed by atoms with van der Waals surface area (Å²) < 4.78 is 0.572. The third-order valence-electron chi connectivity index (χ3n) is 3.46. The Labute approximate surface area is 81.1 Å². The lowest BCUT2D eigenvalue weighted by Gasteiger charge is -2.48. The number of carbonyl (C=O) groups is 1. The van der Waals surface area contributed by atoms with Gasteiger partial charge in [-0.05, 0) is 38.5 Å². The van der Waals surface area contributed by atoms with E-state index in [1.165, 1.54) is 25.5 Å². The third-order valence-corrected chi connectivity index (χ3v) is 5.08. The van der Waals surface area contributed by atoms with Crippen molar-refractivity contribution >= 4 is 28.9 Å². The molecule has 0 aromatic carbocycles. The predicted molar refractivity (Wildman–Crippen MR) is 53.0 cm³/mol. The van der Waals surface area contributed by atoms with E-state index in [1.807, 2.05) is 0 Å². The predicted octanol–water partition coefficient (Wildman–Crippen LogP) is 2.71. The van der Waals surface area contributed by atoms with Gasteiger partial charge in [-0.25, -0.2) is 0 Å². The first-order valence-electron chi connectivity index (χ1n) is 4.33. The molecule has 0 atom stereocenters. The Kier molecular flexibility index (Phi) is 1.78. The second-order valence-electron chi connectivity index (χ2n) is 4.13. The lowest BCUT2D eigenvalue weighted by molar-refractivity contribution is -0.120. The quantitative estimate of drug-likeness (QED) is 0.404. The van der Waals surface area contributed by atoms with Crippen LogP contribution in [0.3, 0.4) is 0 Å². The molecule has 3 fully saturated rings. The van der Waals surface area contributed by atoms with Crippen molar-refractivity contribution in [1.29, 1.82) is 0 Å². The minimum absolute atomic E-state index is 0.118. The van der Waals surface area contributed by atoms with E-state index >= 15 is 0 Å². The van der Waals surface area contributed by atoms with Crippen LogP contribution in [0, 0.1) is 5.41 Å². The monoisotopic (exact) mass is 264 g/mol. The van der Waals surface area contributed by atoms with Crippen molar-refractivity contribution in [1.82, 2.24) is 0 Å². The van der Waals surface area contributed by atoms with E-state index in [0.29, 0.717) is 3.42 Å². The molecule has 0 aliphatic heterocycles. The minimum Gasteiger partial charge on any atom is -0.303 e. The molecule has 0 radical (unpaired) electrons. The molecule has 62 valence electrons. The van der Waals surface area contributed by atoms with E-state index in [2.05, 4.69) is 22.6 Å². The van der Waals surface area contributed by atoms with Gasteiger partial charge in [0.2, 0.25) is 0 Å². The van der Waals surface area contributed by atoms with Crippen LogP contribution in [-0.4, -0.2) is 9.71 Å². The molecule has 0 heterocycles. The first-order valence-corrected chi connectivity index (χ1v) is 5.41. The topological polar surface area (TPSA) is 17.1 Å². The summed E-state index contributed by atoms with van der Waals surface area (Å²) in [4.78, 5) is 10.8. The van der Waals surface area contributed by atoms with Gasteiger partial charge in [-0.15, -0.1) is 0 Å². The van der Waals surface area contributed by atoms with Gasteiger partial charge in [0.15, 0.2) is 0 Å². The molecule has 2 heteroatoms. The number of aldehydes is 1. The number of hydrogen-bond acceptors (Lipinski definition) is 1. The Balaban J connectivity index is 2.18. The van der Waals surface area contributed by atoms with Gasteiger partial charge in [-0.2, -0.15) is 0 Å². The highest BCUT2D eigenvalue weighted by atomic mass is 127. The third kappa shape index (κ3) is 1.23. The Morgan fingerprint density at radius 1 is 1.00 bits per heavy atom. The average Bonchev–Trinajstić information content (AvgIpc) is 2.07. The molecule has 0 N–H and O–H groups in total. The summed E-state index contributed by atoms with van der Waals surface area (Å²) in [7, 11) is 0. The fraction of sp³-hybridized carbons (Fsp3) is 0.889. The van der Waals surface area contributed by atoms with E-state index in [1.54, 1.807) is 0 Å². The highest BCUT2D eigenvalue weighted by Crippen LogP contribution is 2.55. The molecule has 0 spiro atoms. The lowest BCUT2D eigenvalue weighted by Crippen LogP contribution is -2.42. The van der Waals surface area contributed by atoms with Gasteiger partial charge in [-0.1, -0.05) is 22.6 Å². The Morgan fingerprint density at radius 3 is 1.82 bits per heavy atom. The molecule has 0 saturated heterocycles. The van der Waals surface area contributed by atoms with Gasteiger partial charge in [0.25, 0.3) is 0 Å². The average molecular weight is 264 g/mol. The van der Waals surface area contributed by atoms with Crippen LogP contribution in [0.2, 0.25) is 0 Å². The molecule has 2 bridgehead atoms. The molecule has 0 amide bonds. The second kappa shape index (κ2) is 2.44. The largest absolute Gasteiger partial charge is 0.303 e. The van der Waals surface area contributed by atoms with Crippen LogP contribution in [0.5, 0.6) is 0 Å². The van der Waals surface area contributed by atoms with Crippen LogP contribution in [0.1, 0.15) is 38.5 Å². The van der Waals surface area contributed by atoms with Crippen molar-refractivity contribution < 1.29 is 4.79 Å². The zero-order valence-corrected chi connectivity index (χ0v) is 8.76. The number of alkyl halides is 1. The van der Waals surface area contributed by atoms with Crippen LogP contribution in [0.25, 0.3) is 0 Å². The fourth-order valence-electron chi connectivity index (χ4n) is 2.35. The summed E-state index contributed by atoms with van der Waals surface area (Å²) in [6.07, 6.45) is 8.49. The fourth-order valence-corrected chi connectivity index (χ4v) is 3.15. The van der Waals surface area contributed by atoms with Crippen LogP contribution in [0.15, 0.2) is 0 Å². The first kappa shape index (κ1) is 8.02. The first-order chi connectivity index (χ1) is 5.18. The van der Waals surface area contributed by atoms with Crippen LogP contribution >= 0.6 is 22.6 Å². The maximum Gasteiger partial charge on any atom is 0.126 e. The maximum atomic E-state index is 10.8. The van der Waals surface area contributed by atoms with Crippen LogP contribution < -0.4 is 0 Å². The molecule has 0 aromatic heterocycles. The number of hydrogen-bond donors (Lipinski definition) is 0. The molecule has 3 aliphatic carbocycles. The standard InChI is InChI=1S/C9H13IO/c10-9-4-1-8(7-11,2-5-9)3-6-9/h7H,1-6H2. The Bertz CT molecular complexity index is 163. The van der Waals surface area contributed by atoms with Crippen molar-refractivity contribution in [3.63, 3.8) is 0 Å². The number of fused-ring (bicyclic) bond motifs is 3. The maximum absolute atomic E-state index is 10.8. The van der Waals surface area contributed by atoms with Gasteiger partial charge in [0.05, 0.1) is 0 Å². The summed E-state index contributed by atoms with van der Waals surface area (Å²) >= 11 is 2.60. The van der Waals surface area contributed by atoms with Gasteiger partial charge in [0.1, 0.15) is 6.29 Å². The van der Waals surface area contributed by atoms with E-state index in [0.717, 1.165) is 19.3 Å². The molecule has 1 nitrogen and oxygen atoms in total. The SMILES string of the molecule is O=CC12CCC(I)(CC1)CC2. The summed E-state index contributed by atoms with van der Waals surface area (Å²) in [5.41, 5.74) is 0.118. The van der Waals surface area contributed by atoms with Crippen molar-refractivity contribution in [2.45, 2.75) is 41.9 Å². The summed E-state index contributed by atoms with van der Waals surface area (Å²) in [6, 6.07) is 0. The lowest BCUT2D eigenvalue weighted by atomic mass is 9.61. The van der Waals surface area contributed by atoms with Crippen molar-refractivity contribution in [2.75, 3.05) is 0 Å². The molecule has 3 aliphatic rings. The molecule has 11 heavy (non-hydrogen) atoms. The van der Waals surface area contributed by atoms with Gasteiger partial charge >= 0.3 is 0 Å². The minimum atomic E-state index is 0.118. The van der Waals surface area contributed by atoms with E-state index < -0.39 is 0 Å².